The summed E-state index contributed by atoms with van der Waals surface area (Å²) in [6.45, 7) is 0. The largest absolute Gasteiger partial charge is 0.502 e. The van der Waals surface area contributed by atoms with Crippen LogP contribution in [0.2, 0.25) is 0 Å². The van der Waals surface area contributed by atoms with E-state index in [1.165, 1.54) is 19.4 Å². The van der Waals surface area contributed by atoms with E-state index in [0.29, 0.717) is 10.5 Å². The van der Waals surface area contributed by atoms with Crippen molar-refractivity contribution in [3.63, 3.8) is 0 Å². The maximum absolute atomic E-state index is 13.8. The fourth-order valence-electron chi connectivity index (χ4n) is 2.77. The van der Waals surface area contributed by atoms with Gasteiger partial charge in [0, 0.05) is 23.4 Å². The summed E-state index contributed by atoms with van der Waals surface area (Å²) in [6.07, 6.45) is 2.94. The lowest BCUT2D eigenvalue weighted by Gasteiger charge is -2.17. The summed E-state index contributed by atoms with van der Waals surface area (Å²) in [5.41, 5.74) is -0.0654. The molecule has 2 heterocycles. The molecule has 0 aliphatic carbocycles. The minimum atomic E-state index is -0.762. The van der Waals surface area contributed by atoms with Crippen molar-refractivity contribution in [3.05, 3.63) is 88.0 Å². The maximum Gasteiger partial charge on any atom is 0.306 e. The van der Waals surface area contributed by atoms with Gasteiger partial charge >= 0.3 is 5.97 Å². The number of methoxy groups -OCH3 is 1. The first kappa shape index (κ1) is 20.6. The number of carbonyl (C=O) groups excluding carboxylic acids is 1. The second-order valence-electron chi connectivity index (χ2n) is 6.13. The van der Waals surface area contributed by atoms with Crippen LogP contribution in [-0.2, 0) is 15.3 Å². The van der Waals surface area contributed by atoms with Gasteiger partial charge in [0.1, 0.15) is 11.6 Å². The lowest BCUT2D eigenvalue weighted by atomic mass is 9.93. The minimum Gasteiger partial charge on any atom is -0.502 e. The Morgan fingerprint density at radius 1 is 1.31 bits per heavy atom. The van der Waals surface area contributed by atoms with E-state index in [9.17, 15) is 19.1 Å². The summed E-state index contributed by atoms with van der Waals surface area (Å²) < 4.78 is 24.4. The first-order chi connectivity index (χ1) is 14.0. The summed E-state index contributed by atoms with van der Waals surface area (Å²) in [7, 11) is 1.25. The molecular weight excluding hydrogens is 397 g/mol. The third-order valence-corrected chi connectivity index (χ3v) is 5.28. The van der Waals surface area contributed by atoms with Gasteiger partial charge in [0.25, 0.3) is 0 Å². The first-order valence-electron chi connectivity index (χ1n) is 8.69. The van der Waals surface area contributed by atoms with E-state index in [1.807, 2.05) is 0 Å². The Kier molecular flexibility index (Phi) is 6.66. The van der Waals surface area contributed by atoms with Gasteiger partial charge in [-0.05, 0) is 23.8 Å². The highest BCUT2D eigenvalue weighted by Crippen LogP contribution is 2.34. The van der Waals surface area contributed by atoms with Crippen LogP contribution in [0.25, 0.3) is 0 Å². The Morgan fingerprint density at radius 3 is 2.79 bits per heavy atom. The number of benzene rings is 1. The highest BCUT2D eigenvalue weighted by Gasteiger charge is 2.26. The van der Waals surface area contributed by atoms with E-state index in [0.717, 1.165) is 17.8 Å². The van der Waals surface area contributed by atoms with Gasteiger partial charge < -0.3 is 14.3 Å². The molecule has 8 heteroatoms. The SMILES string of the molecule is COC(=O)CC(c1cccnc1)c1oc(CSc2ccccc2F)cc(=O)c1O. The average Bonchev–Trinajstić information content (AvgIpc) is 2.74. The number of thioether (sulfide) groups is 1. The zero-order valence-electron chi connectivity index (χ0n) is 15.5. The molecule has 3 rings (SSSR count). The highest BCUT2D eigenvalue weighted by molar-refractivity contribution is 7.98. The van der Waals surface area contributed by atoms with E-state index in [4.69, 9.17) is 9.15 Å². The molecule has 0 saturated carbocycles. The van der Waals surface area contributed by atoms with Gasteiger partial charge in [0.05, 0.1) is 25.2 Å². The van der Waals surface area contributed by atoms with E-state index in [-0.39, 0.29) is 29.5 Å². The number of carbonyl (C=O) groups is 1. The van der Waals surface area contributed by atoms with Crippen LogP contribution < -0.4 is 5.43 Å². The summed E-state index contributed by atoms with van der Waals surface area (Å²) in [5, 5.41) is 10.3. The van der Waals surface area contributed by atoms with E-state index < -0.39 is 23.1 Å². The van der Waals surface area contributed by atoms with Gasteiger partial charge in [-0.1, -0.05) is 18.2 Å². The highest BCUT2D eigenvalue weighted by atomic mass is 32.2. The Hall–Kier alpha value is -3.13. The number of hydrogen-bond donors (Lipinski definition) is 1. The smallest absolute Gasteiger partial charge is 0.306 e. The van der Waals surface area contributed by atoms with Crippen LogP contribution in [0.3, 0.4) is 0 Å². The zero-order valence-corrected chi connectivity index (χ0v) is 16.3. The lowest BCUT2D eigenvalue weighted by molar-refractivity contribution is -0.140. The van der Waals surface area contributed by atoms with Crippen LogP contribution in [-0.4, -0.2) is 23.2 Å². The van der Waals surface area contributed by atoms with Crippen LogP contribution in [0, 0.1) is 5.82 Å². The third-order valence-electron chi connectivity index (χ3n) is 4.21. The van der Waals surface area contributed by atoms with Crippen LogP contribution in [0.15, 0.2) is 69.0 Å². The van der Waals surface area contributed by atoms with Crippen LogP contribution >= 0.6 is 11.8 Å². The molecule has 150 valence electrons. The zero-order chi connectivity index (χ0) is 20.8. The van der Waals surface area contributed by atoms with E-state index >= 15 is 0 Å². The Balaban J connectivity index is 1.96. The minimum absolute atomic E-state index is 0.0555. The molecule has 0 saturated heterocycles. The van der Waals surface area contributed by atoms with Gasteiger partial charge in [-0.3, -0.25) is 14.6 Å². The molecule has 6 nitrogen and oxygen atoms in total. The number of ether oxygens (including phenoxy) is 1. The number of aromatic hydroxyl groups is 1. The summed E-state index contributed by atoms with van der Waals surface area (Å²) in [4.78, 5) is 28.6. The fraction of sp³-hybridized carbons (Fsp3) is 0.190. The van der Waals surface area contributed by atoms with Crippen LogP contribution in [0.4, 0.5) is 4.39 Å². The molecule has 0 aliphatic heterocycles. The summed E-state index contributed by atoms with van der Waals surface area (Å²) >= 11 is 1.16. The van der Waals surface area contributed by atoms with E-state index in [1.54, 1.807) is 36.5 Å². The molecule has 0 spiro atoms. The predicted octanol–water partition coefficient (Wildman–Crippen LogP) is 3.87. The monoisotopic (exact) mass is 415 g/mol. The van der Waals surface area contributed by atoms with Crippen molar-refractivity contribution in [2.24, 2.45) is 0 Å². The number of hydrogen-bond acceptors (Lipinski definition) is 7. The lowest BCUT2D eigenvalue weighted by Crippen LogP contribution is -2.14. The van der Waals surface area contributed by atoms with Crippen LogP contribution in [0.5, 0.6) is 5.75 Å². The molecule has 1 N–H and O–H groups in total. The number of nitrogens with zero attached hydrogens (tertiary/aromatic N) is 1. The predicted molar refractivity (Wildman–Crippen MR) is 105 cm³/mol. The molecule has 0 radical (unpaired) electrons. The molecular formula is C21H18FNO5S. The van der Waals surface area contributed by atoms with Crippen LogP contribution in [0.1, 0.15) is 29.4 Å². The number of aromatic nitrogens is 1. The molecule has 29 heavy (non-hydrogen) atoms. The van der Waals surface area contributed by atoms with Crippen molar-refractivity contribution >= 4 is 17.7 Å². The Bertz CT molecular complexity index is 1050. The Morgan fingerprint density at radius 2 is 2.10 bits per heavy atom. The van der Waals surface area contributed by atoms with Crippen molar-refractivity contribution in [3.8, 4) is 5.75 Å². The molecule has 1 unspecified atom stereocenters. The second-order valence-corrected chi connectivity index (χ2v) is 7.15. The van der Waals surface area contributed by atoms with Crippen molar-refractivity contribution in [1.82, 2.24) is 4.98 Å². The van der Waals surface area contributed by atoms with Crippen molar-refractivity contribution < 1.29 is 23.4 Å². The number of rotatable bonds is 7. The number of esters is 1. The van der Waals surface area contributed by atoms with Crippen molar-refractivity contribution in [2.75, 3.05) is 7.11 Å². The average molecular weight is 415 g/mol. The normalized spacial score (nSPS) is 11.8. The third kappa shape index (κ3) is 5.03. The van der Waals surface area contributed by atoms with Gasteiger partial charge in [-0.15, -0.1) is 11.8 Å². The quantitative estimate of drug-likeness (QED) is 0.463. The number of pyridine rings is 1. The molecule has 1 atom stereocenters. The first-order valence-corrected chi connectivity index (χ1v) is 9.68. The topological polar surface area (TPSA) is 89.6 Å². The molecule has 0 amide bonds. The maximum atomic E-state index is 13.8. The van der Waals surface area contributed by atoms with Crippen molar-refractivity contribution in [2.45, 2.75) is 23.0 Å². The second kappa shape index (κ2) is 9.38. The standard InChI is InChI=1S/C21H18FNO5S/c1-27-19(25)10-15(13-5-4-8-23-11-13)21-20(26)17(24)9-14(28-21)12-29-18-7-3-2-6-16(18)22/h2-9,11,15,26H,10,12H2,1H3. The van der Waals surface area contributed by atoms with Gasteiger partial charge in [0.15, 0.2) is 5.76 Å². The molecule has 2 aromatic heterocycles. The number of halogens is 1. The van der Waals surface area contributed by atoms with Crippen molar-refractivity contribution in [1.29, 1.82) is 0 Å². The summed E-state index contributed by atoms with van der Waals surface area (Å²) in [5.74, 6) is -1.90. The molecule has 3 aromatic rings. The molecule has 0 fully saturated rings. The van der Waals surface area contributed by atoms with Gasteiger partial charge in [0.2, 0.25) is 11.2 Å². The summed E-state index contributed by atoms with van der Waals surface area (Å²) in [6, 6.07) is 10.8. The van der Waals surface area contributed by atoms with Gasteiger partial charge in [-0.25, -0.2) is 4.39 Å². The molecule has 1 aromatic carbocycles. The molecule has 0 bridgehead atoms. The fourth-order valence-corrected chi connectivity index (χ4v) is 3.59. The van der Waals surface area contributed by atoms with Gasteiger partial charge in [-0.2, -0.15) is 0 Å². The molecule has 0 aliphatic rings. The van der Waals surface area contributed by atoms with E-state index in [2.05, 4.69) is 4.98 Å². The Labute approximate surface area is 170 Å².